The predicted octanol–water partition coefficient (Wildman–Crippen LogP) is 3.15. The lowest BCUT2D eigenvalue weighted by molar-refractivity contribution is 0.0900. The molecule has 0 aliphatic heterocycles. The van der Waals surface area contributed by atoms with Crippen LogP contribution in [0.3, 0.4) is 0 Å². The molecule has 1 amide bonds. The molecule has 1 aliphatic carbocycles. The van der Waals surface area contributed by atoms with Gasteiger partial charge in [0, 0.05) is 22.5 Å². The van der Waals surface area contributed by atoms with Gasteiger partial charge in [0.15, 0.2) is 15.3 Å². The highest BCUT2D eigenvalue weighted by molar-refractivity contribution is 7.90. The molecule has 1 aromatic heterocycles. The lowest BCUT2D eigenvalue weighted by Gasteiger charge is -2.33. The van der Waals surface area contributed by atoms with Crippen molar-refractivity contribution in [1.29, 1.82) is 0 Å². The molecule has 2 N–H and O–H groups in total. The van der Waals surface area contributed by atoms with E-state index in [1.165, 1.54) is 12.1 Å². The number of hydrogen-bond donors (Lipinski definition) is 2. The van der Waals surface area contributed by atoms with Crippen molar-refractivity contribution in [1.82, 2.24) is 10.3 Å². The van der Waals surface area contributed by atoms with Gasteiger partial charge >= 0.3 is 0 Å². The Morgan fingerprint density at radius 3 is 2.47 bits per heavy atom. The van der Waals surface area contributed by atoms with Gasteiger partial charge in [-0.05, 0) is 37.1 Å². The van der Waals surface area contributed by atoms with Crippen LogP contribution in [0, 0.1) is 12.3 Å². The Kier molecular flexibility index (Phi) is 4.91. The molecule has 4 rings (SSSR count). The SMILES string of the molecule is C#CC1(NC(=O)c2cc3[nH]c4ccccc4c(=O)c3cc2S(C)(=O)=O)CCCCC1. The zero-order valence-corrected chi connectivity index (χ0v) is 17.4. The summed E-state index contributed by atoms with van der Waals surface area (Å²) in [5.74, 6) is 2.16. The lowest BCUT2D eigenvalue weighted by Crippen LogP contribution is -2.48. The smallest absolute Gasteiger partial charge is 0.253 e. The summed E-state index contributed by atoms with van der Waals surface area (Å²) in [6, 6.07) is 9.69. The van der Waals surface area contributed by atoms with E-state index in [-0.39, 0.29) is 21.3 Å². The third kappa shape index (κ3) is 3.48. The molecule has 6 nitrogen and oxygen atoms in total. The van der Waals surface area contributed by atoms with Gasteiger partial charge in [0.1, 0.15) is 5.54 Å². The number of pyridine rings is 1. The van der Waals surface area contributed by atoms with Crippen LogP contribution < -0.4 is 10.7 Å². The number of rotatable bonds is 3. The average Bonchev–Trinajstić information content (AvgIpc) is 2.73. The fourth-order valence-corrected chi connectivity index (χ4v) is 5.06. The summed E-state index contributed by atoms with van der Waals surface area (Å²) in [7, 11) is -3.77. The Morgan fingerprint density at radius 2 is 1.80 bits per heavy atom. The number of hydrogen-bond acceptors (Lipinski definition) is 4. The first-order chi connectivity index (χ1) is 14.2. The average molecular weight is 423 g/mol. The van der Waals surface area contributed by atoms with Crippen LogP contribution in [-0.2, 0) is 9.84 Å². The molecule has 1 saturated carbocycles. The van der Waals surface area contributed by atoms with E-state index in [4.69, 9.17) is 6.42 Å². The maximum absolute atomic E-state index is 13.2. The maximum Gasteiger partial charge on any atom is 0.253 e. The van der Waals surface area contributed by atoms with Crippen LogP contribution in [-0.4, -0.2) is 31.1 Å². The van der Waals surface area contributed by atoms with E-state index in [2.05, 4.69) is 16.2 Å². The van der Waals surface area contributed by atoms with Crippen LogP contribution in [0.5, 0.6) is 0 Å². The third-order valence-corrected chi connectivity index (χ3v) is 6.92. The van der Waals surface area contributed by atoms with Crippen LogP contribution in [0.25, 0.3) is 21.8 Å². The van der Waals surface area contributed by atoms with Crippen LogP contribution in [0.2, 0.25) is 0 Å². The molecule has 1 aliphatic rings. The number of carbonyl (C=O) groups excluding carboxylic acids is 1. The highest BCUT2D eigenvalue weighted by Gasteiger charge is 2.33. The van der Waals surface area contributed by atoms with E-state index >= 15 is 0 Å². The first kappa shape index (κ1) is 20.2. The number of benzene rings is 2. The number of aromatic nitrogens is 1. The number of H-pyrrole nitrogens is 1. The lowest BCUT2D eigenvalue weighted by atomic mass is 9.82. The topological polar surface area (TPSA) is 96.1 Å². The van der Waals surface area contributed by atoms with Crippen molar-refractivity contribution in [3.8, 4) is 12.3 Å². The Morgan fingerprint density at radius 1 is 1.10 bits per heavy atom. The normalized spacial score (nSPS) is 16.3. The van der Waals surface area contributed by atoms with Gasteiger partial charge in [-0.2, -0.15) is 0 Å². The Labute approximate surface area is 174 Å². The standard InChI is InChI=1S/C23H22N2O4S/c1-3-23(11-7-4-8-12-23)25-22(27)17-13-19-16(14-20(17)30(2,28)29)21(26)15-9-5-6-10-18(15)24-19/h1,5-6,9-10,13-14H,4,7-8,11-12H2,2H3,(H,24,26)(H,25,27). The number of terminal acetylenes is 1. The summed E-state index contributed by atoms with van der Waals surface area (Å²) in [6.45, 7) is 0. The van der Waals surface area contributed by atoms with E-state index in [1.807, 2.05) is 0 Å². The number of carbonyl (C=O) groups is 1. The minimum atomic E-state index is -3.77. The second-order valence-corrected chi connectivity index (χ2v) is 9.89. The van der Waals surface area contributed by atoms with Crippen LogP contribution >= 0.6 is 0 Å². The molecule has 0 radical (unpaired) electrons. The van der Waals surface area contributed by atoms with Gasteiger partial charge in [0.2, 0.25) is 0 Å². The molecule has 154 valence electrons. The molecule has 30 heavy (non-hydrogen) atoms. The van der Waals surface area contributed by atoms with Crippen molar-refractivity contribution >= 4 is 37.6 Å². The van der Waals surface area contributed by atoms with E-state index in [0.29, 0.717) is 29.3 Å². The number of amides is 1. The first-order valence-corrected chi connectivity index (χ1v) is 11.7. The Bertz CT molecular complexity index is 1370. The minimum Gasteiger partial charge on any atom is -0.354 e. The van der Waals surface area contributed by atoms with Gasteiger partial charge < -0.3 is 10.3 Å². The second-order valence-electron chi connectivity index (χ2n) is 7.91. The summed E-state index contributed by atoms with van der Waals surface area (Å²) in [5, 5.41) is 3.57. The van der Waals surface area contributed by atoms with E-state index in [0.717, 1.165) is 25.5 Å². The van der Waals surface area contributed by atoms with Crippen molar-refractivity contribution < 1.29 is 13.2 Å². The van der Waals surface area contributed by atoms with Gasteiger partial charge in [-0.3, -0.25) is 9.59 Å². The quantitative estimate of drug-likeness (QED) is 0.501. The second kappa shape index (κ2) is 7.29. The Hall–Kier alpha value is -3.11. The molecular weight excluding hydrogens is 400 g/mol. The molecule has 0 unspecified atom stereocenters. The van der Waals surface area contributed by atoms with E-state index in [1.54, 1.807) is 24.3 Å². The zero-order chi connectivity index (χ0) is 21.5. The highest BCUT2D eigenvalue weighted by Crippen LogP contribution is 2.29. The number of sulfone groups is 1. The molecule has 1 heterocycles. The molecule has 0 saturated heterocycles. The summed E-state index contributed by atoms with van der Waals surface area (Å²) >= 11 is 0. The van der Waals surface area contributed by atoms with Gasteiger partial charge in [-0.25, -0.2) is 8.42 Å². The fourth-order valence-electron chi connectivity index (χ4n) is 4.18. The van der Waals surface area contributed by atoms with Crippen LogP contribution in [0.4, 0.5) is 0 Å². The van der Waals surface area contributed by atoms with Crippen molar-refractivity contribution in [2.24, 2.45) is 0 Å². The van der Waals surface area contributed by atoms with Crippen molar-refractivity contribution in [2.75, 3.05) is 6.26 Å². The van der Waals surface area contributed by atoms with Crippen molar-refractivity contribution in [2.45, 2.75) is 42.5 Å². The number of para-hydroxylation sites is 1. The van der Waals surface area contributed by atoms with Crippen LogP contribution in [0.15, 0.2) is 46.1 Å². The van der Waals surface area contributed by atoms with Gasteiger partial charge in [-0.1, -0.05) is 37.3 Å². The van der Waals surface area contributed by atoms with Gasteiger partial charge in [0.25, 0.3) is 5.91 Å². The third-order valence-electron chi connectivity index (χ3n) is 5.79. The Balaban J connectivity index is 1.92. The fraction of sp³-hybridized carbons (Fsp3) is 0.304. The molecule has 0 atom stereocenters. The molecule has 3 aromatic rings. The highest BCUT2D eigenvalue weighted by atomic mass is 32.2. The molecule has 2 aromatic carbocycles. The maximum atomic E-state index is 13.2. The molecule has 1 fully saturated rings. The number of nitrogens with one attached hydrogen (secondary N) is 2. The molecule has 7 heteroatoms. The minimum absolute atomic E-state index is 0.0175. The summed E-state index contributed by atoms with van der Waals surface area (Å²) in [6.07, 6.45) is 10.9. The molecular formula is C23H22N2O4S. The largest absolute Gasteiger partial charge is 0.354 e. The monoisotopic (exact) mass is 422 g/mol. The van der Waals surface area contributed by atoms with Crippen molar-refractivity contribution in [3.05, 3.63) is 52.2 Å². The zero-order valence-electron chi connectivity index (χ0n) is 16.6. The van der Waals surface area contributed by atoms with Gasteiger partial charge in [-0.15, -0.1) is 6.42 Å². The van der Waals surface area contributed by atoms with E-state index in [9.17, 15) is 18.0 Å². The van der Waals surface area contributed by atoms with Crippen LogP contribution in [0.1, 0.15) is 42.5 Å². The predicted molar refractivity (Wildman–Crippen MR) is 117 cm³/mol. The number of fused-ring (bicyclic) bond motifs is 2. The van der Waals surface area contributed by atoms with E-state index < -0.39 is 21.3 Å². The molecule has 0 bridgehead atoms. The number of aromatic amines is 1. The molecule has 0 spiro atoms. The van der Waals surface area contributed by atoms with Gasteiger partial charge in [0.05, 0.1) is 16.0 Å². The first-order valence-electron chi connectivity index (χ1n) is 9.83. The summed E-state index contributed by atoms with van der Waals surface area (Å²) < 4.78 is 25.0. The summed E-state index contributed by atoms with van der Waals surface area (Å²) in [5.41, 5.74) is -0.0780. The van der Waals surface area contributed by atoms with Crippen molar-refractivity contribution in [3.63, 3.8) is 0 Å². The summed E-state index contributed by atoms with van der Waals surface area (Å²) in [4.78, 5) is 29.0.